The normalized spacial score (nSPS) is 19.4. The van der Waals surface area contributed by atoms with Gasteiger partial charge in [0.1, 0.15) is 12.4 Å². The molecule has 1 aliphatic heterocycles. The maximum Gasteiger partial charge on any atom is 0.410 e. The highest BCUT2D eigenvalue weighted by atomic mass is 16.6. The van der Waals surface area contributed by atoms with Crippen LogP contribution in [0.2, 0.25) is 0 Å². The quantitative estimate of drug-likeness (QED) is 0.759. The fourth-order valence-corrected chi connectivity index (χ4v) is 3.65. The first-order valence-electron chi connectivity index (χ1n) is 9.91. The lowest BCUT2D eigenvalue weighted by atomic mass is 10.1. The van der Waals surface area contributed by atoms with Crippen LogP contribution in [0.25, 0.3) is 10.8 Å². The number of nitrogens with zero attached hydrogens (tertiary/aromatic N) is 3. The molecule has 2 heterocycles. The Morgan fingerprint density at radius 1 is 1.29 bits per heavy atom. The van der Waals surface area contributed by atoms with Crippen molar-refractivity contribution in [1.82, 2.24) is 9.88 Å². The van der Waals surface area contributed by atoms with Gasteiger partial charge in [-0.15, -0.1) is 0 Å². The van der Waals surface area contributed by atoms with Crippen molar-refractivity contribution < 1.29 is 14.3 Å². The smallest absolute Gasteiger partial charge is 0.410 e. The van der Waals surface area contributed by atoms with Crippen molar-refractivity contribution in [3.63, 3.8) is 0 Å². The molecule has 148 valence electrons. The molecule has 1 aromatic carbocycles. The zero-order valence-corrected chi connectivity index (χ0v) is 16.4. The van der Waals surface area contributed by atoms with Crippen LogP contribution in [0.1, 0.15) is 39.5 Å². The van der Waals surface area contributed by atoms with Gasteiger partial charge in [0.25, 0.3) is 0 Å². The SMILES string of the molecule is CC(C)N1CC(COc2cccc3c(NN=C4CCCC4)nccc23)OC1=O. The molecule has 2 aromatic rings. The molecule has 28 heavy (non-hydrogen) atoms. The summed E-state index contributed by atoms with van der Waals surface area (Å²) in [7, 11) is 0. The molecule has 7 heteroatoms. The fourth-order valence-electron chi connectivity index (χ4n) is 3.65. The minimum atomic E-state index is -0.275. The molecule has 1 saturated heterocycles. The molecule has 1 amide bonds. The second-order valence-corrected chi connectivity index (χ2v) is 7.57. The molecule has 1 saturated carbocycles. The van der Waals surface area contributed by atoms with E-state index in [1.807, 2.05) is 38.1 Å². The Hall–Kier alpha value is -2.83. The highest BCUT2D eigenvalue weighted by Gasteiger charge is 2.33. The van der Waals surface area contributed by atoms with Crippen LogP contribution < -0.4 is 10.2 Å². The van der Waals surface area contributed by atoms with Crippen LogP contribution in [0, 0.1) is 0 Å². The van der Waals surface area contributed by atoms with Crippen molar-refractivity contribution >= 4 is 28.4 Å². The summed E-state index contributed by atoms with van der Waals surface area (Å²) in [6, 6.07) is 7.92. The number of carbonyl (C=O) groups is 1. The third kappa shape index (κ3) is 3.88. The van der Waals surface area contributed by atoms with E-state index in [1.54, 1.807) is 11.1 Å². The van der Waals surface area contributed by atoms with Crippen LogP contribution in [-0.2, 0) is 4.74 Å². The third-order valence-electron chi connectivity index (χ3n) is 5.22. The molecular weight excluding hydrogens is 356 g/mol. The first kappa shape index (κ1) is 18.5. The van der Waals surface area contributed by atoms with E-state index in [4.69, 9.17) is 9.47 Å². The van der Waals surface area contributed by atoms with Crippen LogP contribution >= 0.6 is 0 Å². The first-order chi connectivity index (χ1) is 13.6. The Bertz CT molecular complexity index is 888. The Labute approximate surface area is 164 Å². The number of carbonyl (C=O) groups excluding carboxylic acids is 1. The topological polar surface area (TPSA) is 76.1 Å². The number of aromatic nitrogens is 1. The summed E-state index contributed by atoms with van der Waals surface area (Å²) in [6.45, 7) is 4.83. The lowest BCUT2D eigenvalue weighted by Crippen LogP contribution is -2.32. The van der Waals surface area contributed by atoms with Gasteiger partial charge < -0.3 is 14.4 Å². The Balaban J connectivity index is 1.48. The maximum atomic E-state index is 11.9. The summed E-state index contributed by atoms with van der Waals surface area (Å²) >= 11 is 0. The molecule has 0 radical (unpaired) electrons. The lowest BCUT2D eigenvalue weighted by molar-refractivity contribution is 0.102. The van der Waals surface area contributed by atoms with E-state index in [2.05, 4.69) is 15.5 Å². The number of fused-ring (bicyclic) bond motifs is 1. The number of nitrogens with one attached hydrogen (secondary N) is 1. The number of rotatable bonds is 6. The van der Waals surface area contributed by atoms with Gasteiger partial charge in [-0.3, -0.25) is 5.43 Å². The predicted molar refractivity (Wildman–Crippen MR) is 109 cm³/mol. The molecule has 1 aliphatic carbocycles. The average Bonchev–Trinajstić information content (AvgIpc) is 3.34. The Morgan fingerprint density at radius 3 is 2.86 bits per heavy atom. The molecule has 0 spiro atoms. The van der Waals surface area contributed by atoms with Gasteiger partial charge in [-0.1, -0.05) is 12.1 Å². The van der Waals surface area contributed by atoms with Gasteiger partial charge in [-0.05, 0) is 51.7 Å². The number of pyridine rings is 1. The van der Waals surface area contributed by atoms with Crippen molar-refractivity contribution in [2.45, 2.75) is 51.7 Å². The number of hydrazone groups is 1. The number of benzene rings is 1. The second-order valence-electron chi connectivity index (χ2n) is 7.57. The lowest BCUT2D eigenvalue weighted by Gasteiger charge is -2.17. The van der Waals surface area contributed by atoms with Crippen LogP contribution in [0.15, 0.2) is 35.6 Å². The number of anilines is 1. The van der Waals surface area contributed by atoms with E-state index in [9.17, 15) is 4.79 Å². The first-order valence-corrected chi connectivity index (χ1v) is 9.91. The number of hydrogen-bond donors (Lipinski definition) is 1. The monoisotopic (exact) mass is 382 g/mol. The summed E-state index contributed by atoms with van der Waals surface area (Å²) < 4.78 is 11.4. The zero-order valence-electron chi connectivity index (χ0n) is 16.4. The zero-order chi connectivity index (χ0) is 19.5. The minimum Gasteiger partial charge on any atom is -0.489 e. The number of amides is 1. The Morgan fingerprint density at radius 2 is 2.11 bits per heavy atom. The average molecular weight is 382 g/mol. The van der Waals surface area contributed by atoms with Crippen molar-refractivity contribution in [3.05, 3.63) is 30.5 Å². The molecule has 1 aromatic heterocycles. The van der Waals surface area contributed by atoms with Crippen molar-refractivity contribution in [1.29, 1.82) is 0 Å². The van der Waals surface area contributed by atoms with Gasteiger partial charge >= 0.3 is 6.09 Å². The fraction of sp³-hybridized carbons (Fsp3) is 0.476. The highest BCUT2D eigenvalue weighted by molar-refractivity contribution is 5.96. The standard InChI is InChI=1S/C21H26N4O3/c1-14(2)25-12-16(28-21(25)26)13-27-19-9-5-8-18-17(19)10-11-22-20(18)24-23-15-6-3-4-7-15/h5,8-11,14,16H,3-4,6-7,12-13H2,1-2H3,(H,22,24). The van der Waals surface area contributed by atoms with E-state index in [1.165, 1.54) is 18.6 Å². The molecule has 1 unspecified atom stereocenters. The van der Waals surface area contributed by atoms with Gasteiger partial charge in [0.15, 0.2) is 11.9 Å². The minimum absolute atomic E-state index is 0.122. The Kier molecular flexibility index (Phi) is 5.32. The molecular formula is C21H26N4O3. The third-order valence-corrected chi connectivity index (χ3v) is 5.22. The number of cyclic esters (lactones) is 1. The number of ether oxygens (including phenoxy) is 2. The molecule has 2 aliphatic rings. The van der Waals surface area contributed by atoms with Crippen LogP contribution in [0.5, 0.6) is 5.75 Å². The van der Waals surface area contributed by atoms with Gasteiger partial charge in [-0.25, -0.2) is 9.78 Å². The molecule has 1 N–H and O–H groups in total. The molecule has 0 bridgehead atoms. The van der Waals surface area contributed by atoms with Crippen molar-refractivity contribution in [3.8, 4) is 5.75 Å². The van der Waals surface area contributed by atoms with Crippen LogP contribution in [0.3, 0.4) is 0 Å². The van der Waals surface area contributed by atoms with Crippen LogP contribution in [-0.4, -0.2) is 47.0 Å². The van der Waals surface area contributed by atoms with E-state index in [0.29, 0.717) is 13.2 Å². The van der Waals surface area contributed by atoms with E-state index >= 15 is 0 Å². The molecule has 4 rings (SSSR count). The van der Waals surface area contributed by atoms with Crippen molar-refractivity contribution in [2.24, 2.45) is 5.10 Å². The largest absolute Gasteiger partial charge is 0.489 e. The predicted octanol–water partition coefficient (Wildman–Crippen LogP) is 4.18. The van der Waals surface area contributed by atoms with Crippen molar-refractivity contribution in [2.75, 3.05) is 18.6 Å². The summed E-state index contributed by atoms with van der Waals surface area (Å²) in [5.41, 5.74) is 4.32. The highest BCUT2D eigenvalue weighted by Crippen LogP contribution is 2.30. The van der Waals surface area contributed by atoms with Gasteiger partial charge in [0.2, 0.25) is 0 Å². The summed E-state index contributed by atoms with van der Waals surface area (Å²) in [5, 5.41) is 6.42. The summed E-state index contributed by atoms with van der Waals surface area (Å²) in [5.74, 6) is 1.47. The van der Waals surface area contributed by atoms with Gasteiger partial charge in [-0.2, -0.15) is 5.10 Å². The molecule has 2 fully saturated rings. The maximum absolute atomic E-state index is 11.9. The van der Waals surface area contributed by atoms with E-state index in [-0.39, 0.29) is 18.2 Å². The molecule has 7 nitrogen and oxygen atoms in total. The number of hydrogen-bond acceptors (Lipinski definition) is 6. The van der Waals surface area contributed by atoms with Crippen LogP contribution in [0.4, 0.5) is 10.6 Å². The summed E-state index contributed by atoms with van der Waals surface area (Å²) in [4.78, 5) is 18.0. The van der Waals surface area contributed by atoms with E-state index < -0.39 is 0 Å². The van der Waals surface area contributed by atoms with Gasteiger partial charge in [0, 0.05) is 28.7 Å². The molecule has 1 atom stereocenters. The summed E-state index contributed by atoms with van der Waals surface area (Å²) in [6.07, 6.45) is 5.74. The second kappa shape index (κ2) is 8.04. The van der Waals surface area contributed by atoms with Gasteiger partial charge in [0.05, 0.1) is 6.54 Å². The van der Waals surface area contributed by atoms with E-state index in [0.717, 1.165) is 35.2 Å².